The molecule has 4 aromatic rings. The lowest BCUT2D eigenvalue weighted by atomic mass is 10.0. The average molecular weight is 344 g/mol. The lowest BCUT2D eigenvalue weighted by Gasteiger charge is -2.23. The third-order valence-electron chi connectivity index (χ3n) is 5.34. The Morgan fingerprint density at radius 3 is 2.65 bits per heavy atom. The number of rotatable bonds is 2. The van der Waals surface area contributed by atoms with Crippen LogP contribution in [-0.4, -0.2) is 27.6 Å². The van der Waals surface area contributed by atoms with E-state index in [1.165, 1.54) is 10.8 Å². The van der Waals surface area contributed by atoms with Crippen molar-refractivity contribution in [2.45, 2.75) is 18.9 Å². The summed E-state index contributed by atoms with van der Waals surface area (Å²) in [6, 6.07) is 16.9. The molecule has 0 spiro atoms. The topological polar surface area (TPSA) is 62.7 Å². The van der Waals surface area contributed by atoms with Crippen molar-refractivity contribution >= 4 is 21.9 Å². The van der Waals surface area contributed by atoms with Crippen LogP contribution in [0, 0.1) is 0 Å². The second kappa shape index (κ2) is 6.11. The monoisotopic (exact) mass is 344 g/mol. The molecule has 5 rings (SSSR count). The zero-order valence-electron chi connectivity index (χ0n) is 14.4. The number of benzene rings is 2. The molecule has 3 heterocycles. The van der Waals surface area contributed by atoms with Crippen molar-refractivity contribution in [1.82, 2.24) is 19.9 Å². The van der Waals surface area contributed by atoms with E-state index in [1.54, 1.807) is 6.20 Å². The molecule has 1 aliphatic rings. The molecule has 0 aliphatic carbocycles. The summed E-state index contributed by atoms with van der Waals surface area (Å²) in [7, 11) is 0. The number of imidazole rings is 1. The number of piperidine rings is 1. The standard InChI is InChI=1S/C21H20N4O/c26-21-24-19-18(16-6-5-14-3-1-2-4-15(14)13-16)9-12-23-20(19)25(21)17-7-10-22-11-8-17/h1-6,9,12-13,17,22H,7-8,10-11H2,(H,24,26). The van der Waals surface area contributed by atoms with Crippen molar-refractivity contribution in [3.63, 3.8) is 0 Å². The number of hydrogen-bond donors (Lipinski definition) is 2. The van der Waals surface area contributed by atoms with Crippen molar-refractivity contribution in [2.75, 3.05) is 13.1 Å². The van der Waals surface area contributed by atoms with Gasteiger partial charge in [-0.15, -0.1) is 0 Å². The van der Waals surface area contributed by atoms with Crippen molar-refractivity contribution in [3.05, 3.63) is 65.2 Å². The molecule has 1 aliphatic heterocycles. The first-order valence-electron chi connectivity index (χ1n) is 9.10. The fourth-order valence-corrected chi connectivity index (χ4v) is 4.02. The van der Waals surface area contributed by atoms with Crippen LogP contribution in [0.4, 0.5) is 0 Å². The Morgan fingerprint density at radius 1 is 1.00 bits per heavy atom. The molecule has 1 fully saturated rings. The van der Waals surface area contributed by atoms with Crippen LogP contribution in [0.3, 0.4) is 0 Å². The Kier molecular flexibility index (Phi) is 3.60. The summed E-state index contributed by atoms with van der Waals surface area (Å²) < 4.78 is 1.85. The van der Waals surface area contributed by atoms with Crippen molar-refractivity contribution < 1.29 is 0 Å². The molecule has 2 aromatic carbocycles. The molecule has 0 atom stereocenters. The van der Waals surface area contributed by atoms with Crippen LogP contribution in [0.15, 0.2) is 59.5 Å². The first kappa shape index (κ1) is 15.3. The maximum absolute atomic E-state index is 12.7. The molecule has 0 unspecified atom stereocenters. The molecule has 5 nitrogen and oxygen atoms in total. The molecule has 26 heavy (non-hydrogen) atoms. The van der Waals surface area contributed by atoms with Gasteiger partial charge in [-0.2, -0.15) is 0 Å². The maximum Gasteiger partial charge on any atom is 0.327 e. The Hall–Kier alpha value is -2.92. The Labute approximate surface area is 150 Å². The van der Waals surface area contributed by atoms with E-state index in [9.17, 15) is 4.79 Å². The van der Waals surface area contributed by atoms with Crippen molar-refractivity contribution in [1.29, 1.82) is 0 Å². The predicted octanol–water partition coefficient (Wildman–Crippen LogP) is 3.47. The predicted molar refractivity (Wildman–Crippen MR) is 104 cm³/mol. The van der Waals surface area contributed by atoms with Gasteiger partial charge in [0.25, 0.3) is 0 Å². The molecule has 2 aromatic heterocycles. The fraction of sp³-hybridized carbons (Fsp3) is 0.238. The molecular weight excluding hydrogens is 324 g/mol. The van der Waals surface area contributed by atoms with E-state index in [2.05, 4.69) is 45.6 Å². The molecular formula is C21H20N4O. The van der Waals surface area contributed by atoms with Gasteiger partial charge in [0.15, 0.2) is 5.65 Å². The van der Waals surface area contributed by atoms with Gasteiger partial charge >= 0.3 is 5.69 Å². The first-order chi connectivity index (χ1) is 12.8. The van der Waals surface area contributed by atoms with Crippen LogP contribution >= 0.6 is 0 Å². The molecule has 1 saturated heterocycles. The lowest BCUT2D eigenvalue weighted by molar-refractivity contribution is 0.367. The molecule has 0 saturated carbocycles. The zero-order valence-corrected chi connectivity index (χ0v) is 14.4. The highest BCUT2D eigenvalue weighted by Crippen LogP contribution is 2.30. The second-order valence-electron chi connectivity index (χ2n) is 6.90. The van der Waals surface area contributed by atoms with Gasteiger partial charge in [-0.05, 0) is 54.4 Å². The van der Waals surface area contributed by atoms with Gasteiger partial charge in [-0.25, -0.2) is 9.78 Å². The number of nitrogens with one attached hydrogen (secondary N) is 2. The van der Waals surface area contributed by atoms with Crippen LogP contribution in [0.25, 0.3) is 33.1 Å². The number of pyridine rings is 1. The summed E-state index contributed by atoms with van der Waals surface area (Å²) in [4.78, 5) is 20.3. The van der Waals surface area contributed by atoms with Gasteiger partial charge in [0, 0.05) is 17.8 Å². The Balaban J connectivity index is 1.69. The van der Waals surface area contributed by atoms with Crippen molar-refractivity contribution in [2.24, 2.45) is 0 Å². The quantitative estimate of drug-likeness (QED) is 0.585. The molecule has 0 bridgehead atoms. The number of nitrogens with zero attached hydrogens (tertiary/aromatic N) is 2. The molecule has 2 N–H and O–H groups in total. The summed E-state index contributed by atoms with van der Waals surface area (Å²) >= 11 is 0. The second-order valence-corrected chi connectivity index (χ2v) is 6.90. The summed E-state index contributed by atoms with van der Waals surface area (Å²) in [5.41, 5.74) is 3.63. The minimum atomic E-state index is -0.0624. The largest absolute Gasteiger partial charge is 0.327 e. The Morgan fingerprint density at radius 2 is 1.81 bits per heavy atom. The van der Waals surface area contributed by atoms with E-state index in [0.717, 1.165) is 48.2 Å². The van der Waals surface area contributed by atoms with Crippen LogP contribution in [0.2, 0.25) is 0 Å². The van der Waals surface area contributed by atoms with Crippen LogP contribution < -0.4 is 11.0 Å². The number of hydrogen-bond acceptors (Lipinski definition) is 3. The van der Waals surface area contributed by atoms with Gasteiger partial charge in [0.05, 0.1) is 5.52 Å². The average Bonchev–Trinajstić information content (AvgIpc) is 3.04. The highest BCUT2D eigenvalue weighted by atomic mass is 16.1. The zero-order chi connectivity index (χ0) is 17.5. The van der Waals surface area contributed by atoms with Gasteiger partial charge in [-0.1, -0.05) is 36.4 Å². The highest BCUT2D eigenvalue weighted by molar-refractivity contribution is 5.94. The fourth-order valence-electron chi connectivity index (χ4n) is 4.02. The minimum absolute atomic E-state index is 0.0624. The minimum Gasteiger partial charge on any atom is -0.317 e. The first-order valence-corrected chi connectivity index (χ1v) is 9.10. The van der Waals surface area contributed by atoms with Crippen LogP contribution in [-0.2, 0) is 0 Å². The number of fused-ring (bicyclic) bond motifs is 2. The van der Waals surface area contributed by atoms with Gasteiger partial charge in [0.2, 0.25) is 0 Å². The van der Waals surface area contributed by atoms with E-state index >= 15 is 0 Å². The summed E-state index contributed by atoms with van der Waals surface area (Å²) in [6.07, 6.45) is 3.71. The van der Waals surface area contributed by atoms with Gasteiger partial charge in [-0.3, -0.25) is 4.57 Å². The van der Waals surface area contributed by atoms with E-state index in [4.69, 9.17) is 0 Å². The summed E-state index contributed by atoms with van der Waals surface area (Å²) in [5, 5.41) is 5.75. The third kappa shape index (κ3) is 2.44. The van der Waals surface area contributed by atoms with Crippen LogP contribution in [0.1, 0.15) is 18.9 Å². The molecule has 0 amide bonds. The van der Waals surface area contributed by atoms with Gasteiger partial charge in [0.1, 0.15) is 0 Å². The van der Waals surface area contributed by atoms with Crippen molar-refractivity contribution in [3.8, 4) is 11.1 Å². The summed E-state index contributed by atoms with van der Waals surface area (Å²) in [5.74, 6) is 0. The molecule has 5 heteroatoms. The normalized spacial score (nSPS) is 15.7. The summed E-state index contributed by atoms with van der Waals surface area (Å²) in [6.45, 7) is 1.88. The SMILES string of the molecule is O=c1[nH]c2c(-c3ccc4ccccc4c3)ccnc2n1C1CCNCC1. The van der Waals surface area contributed by atoms with E-state index in [0.29, 0.717) is 0 Å². The smallest absolute Gasteiger partial charge is 0.317 e. The number of H-pyrrole nitrogens is 1. The van der Waals surface area contributed by atoms with Gasteiger partial charge < -0.3 is 10.3 Å². The third-order valence-corrected chi connectivity index (χ3v) is 5.34. The van der Waals surface area contributed by atoms with E-state index < -0.39 is 0 Å². The number of aromatic nitrogens is 3. The van der Waals surface area contributed by atoms with Crippen LogP contribution in [0.5, 0.6) is 0 Å². The molecule has 130 valence electrons. The lowest BCUT2D eigenvalue weighted by Crippen LogP contribution is -2.33. The molecule has 0 radical (unpaired) electrons. The Bertz CT molecular complexity index is 1150. The number of aromatic amines is 1. The van der Waals surface area contributed by atoms with E-state index in [1.807, 2.05) is 22.8 Å². The maximum atomic E-state index is 12.7. The highest BCUT2D eigenvalue weighted by Gasteiger charge is 2.21. The van der Waals surface area contributed by atoms with E-state index in [-0.39, 0.29) is 11.7 Å².